The molecule has 4 rings (SSSR count). The van der Waals surface area contributed by atoms with Crippen molar-refractivity contribution in [2.24, 2.45) is 0 Å². The Kier molecular flexibility index (Phi) is 6.62. The summed E-state index contributed by atoms with van der Waals surface area (Å²) in [4.78, 5) is 0.0262. The number of anilines is 2. The van der Waals surface area contributed by atoms with E-state index in [1.165, 1.54) is 12.1 Å². The zero-order chi connectivity index (χ0) is 26.4. The van der Waals surface area contributed by atoms with Gasteiger partial charge in [0.1, 0.15) is 0 Å². The highest BCUT2D eigenvalue weighted by atomic mass is 32.2. The van der Waals surface area contributed by atoms with Crippen LogP contribution in [0.2, 0.25) is 0 Å². The van der Waals surface area contributed by atoms with Crippen molar-refractivity contribution in [2.75, 3.05) is 9.44 Å². The lowest BCUT2D eigenvalue weighted by atomic mass is 10.1. The van der Waals surface area contributed by atoms with Crippen LogP contribution in [-0.4, -0.2) is 16.8 Å². The van der Waals surface area contributed by atoms with Crippen molar-refractivity contribution in [1.82, 2.24) is 0 Å². The molecule has 0 aliphatic heterocycles. The largest absolute Gasteiger partial charge is 0.279 e. The maximum Gasteiger partial charge on any atom is 0.262 e. The van der Waals surface area contributed by atoms with Crippen LogP contribution in [0.15, 0.2) is 70.5 Å². The molecule has 0 heterocycles. The Balaban J connectivity index is 1.82. The zero-order valence-corrected chi connectivity index (χ0v) is 22.9. The molecule has 0 saturated heterocycles. The minimum atomic E-state index is -4.00. The van der Waals surface area contributed by atoms with Crippen LogP contribution in [0, 0.1) is 41.5 Å². The molecule has 0 amide bonds. The lowest BCUT2D eigenvalue weighted by Crippen LogP contribution is -2.17. The van der Waals surface area contributed by atoms with E-state index in [1.807, 2.05) is 65.8 Å². The first kappa shape index (κ1) is 25.7. The van der Waals surface area contributed by atoms with Gasteiger partial charge in [-0.15, -0.1) is 0 Å². The number of hydrogen-bond donors (Lipinski definition) is 2. The normalized spacial score (nSPS) is 12.1. The molecule has 36 heavy (non-hydrogen) atoms. The monoisotopic (exact) mass is 522 g/mol. The second-order valence-corrected chi connectivity index (χ2v) is 12.7. The first-order chi connectivity index (χ1) is 16.8. The summed E-state index contributed by atoms with van der Waals surface area (Å²) in [6.45, 7) is 11.3. The third-order valence-corrected chi connectivity index (χ3v) is 9.06. The summed E-state index contributed by atoms with van der Waals surface area (Å²) in [6, 6.07) is 17.0. The topological polar surface area (TPSA) is 92.3 Å². The molecule has 0 unspecified atom stereocenters. The van der Waals surface area contributed by atoms with Crippen LogP contribution >= 0.6 is 0 Å². The minimum Gasteiger partial charge on any atom is -0.279 e. The second kappa shape index (κ2) is 9.26. The molecule has 188 valence electrons. The maximum atomic E-state index is 13.5. The summed E-state index contributed by atoms with van der Waals surface area (Å²) in [6.07, 6.45) is 0. The van der Waals surface area contributed by atoms with Gasteiger partial charge in [-0.25, -0.2) is 16.8 Å². The van der Waals surface area contributed by atoms with Crippen LogP contribution in [0.1, 0.15) is 33.4 Å². The van der Waals surface area contributed by atoms with E-state index >= 15 is 0 Å². The molecule has 8 heteroatoms. The van der Waals surface area contributed by atoms with Crippen LogP contribution in [0.5, 0.6) is 0 Å². The third kappa shape index (κ3) is 4.83. The van der Waals surface area contributed by atoms with Gasteiger partial charge in [0.2, 0.25) is 0 Å². The van der Waals surface area contributed by atoms with Crippen molar-refractivity contribution >= 4 is 42.2 Å². The zero-order valence-electron chi connectivity index (χ0n) is 21.2. The fourth-order valence-corrected chi connectivity index (χ4v) is 7.63. The Morgan fingerprint density at radius 2 is 0.806 bits per heavy atom. The molecule has 2 N–H and O–H groups in total. The number of fused-ring (bicyclic) bond motifs is 1. The van der Waals surface area contributed by atoms with Gasteiger partial charge in [-0.2, -0.15) is 0 Å². The van der Waals surface area contributed by atoms with Crippen molar-refractivity contribution in [2.45, 2.75) is 51.3 Å². The summed E-state index contributed by atoms with van der Waals surface area (Å²) < 4.78 is 59.4. The average Bonchev–Trinajstić information content (AvgIpc) is 2.78. The highest BCUT2D eigenvalue weighted by Gasteiger charge is 2.24. The number of hydrogen-bond acceptors (Lipinski definition) is 4. The van der Waals surface area contributed by atoms with Crippen molar-refractivity contribution < 1.29 is 16.8 Å². The first-order valence-corrected chi connectivity index (χ1v) is 14.5. The van der Waals surface area contributed by atoms with Gasteiger partial charge >= 0.3 is 0 Å². The van der Waals surface area contributed by atoms with Gasteiger partial charge in [-0.1, -0.05) is 59.7 Å². The molecule has 0 saturated carbocycles. The Morgan fingerprint density at radius 3 is 1.11 bits per heavy atom. The van der Waals surface area contributed by atoms with Crippen molar-refractivity contribution in [1.29, 1.82) is 0 Å². The smallest absolute Gasteiger partial charge is 0.262 e. The summed E-state index contributed by atoms with van der Waals surface area (Å²) in [5.41, 5.74) is 6.38. The van der Waals surface area contributed by atoms with E-state index < -0.39 is 20.0 Å². The van der Waals surface area contributed by atoms with Crippen LogP contribution < -0.4 is 9.44 Å². The second-order valence-electron chi connectivity index (χ2n) is 9.37. The quantitative estimate of drug-likeness (QED) is 0.311. The lowest BCUT2D eigenvalue weighted by molar-refractivity contribution is 0.599. The molecule has 0 radical (unpaired) electrons. The molecular formula is C28H30N2O4S2. The van der Waals surface area contributed by atoms with E-state index in [2.05, 4.69) is 9.44 Å². The predicted octanol–water partition coefficient (Wildman–Crippen LogP) is 6.29. The SMILES string of the molecule is Cc1cc(C)c(NS(=O)(=O)c2cccc3c(S(=O)(=O)Nc4c(C)cc(C)cc4C)cccc23)c(C)c1. The van der Waals surface area contributed by atoms with E-state index in [-0.39, 0.29) is 9.79 Å². The molecule has 0 fully saturated rings. The molecule has 6 nitrogen and oxygen atoms in total. The molecule has 0 spiro atoms. The average molecular weight is 523 g/mol. The summed E-state index contributed by atoms with van der Waals surface area (Å²) in [7, 11) is -8.00. The standard InChI is InChI=1S/C28H30N2O4S2/c1-17-13-19(3)27(20(4)14-17)29-35(31,32)25-11-7-10-24-23(25)9-8-12-26(24)36(33,34)30-28-21(5)15-18(2)16-22(28)6/h7-16,29-30H,1-6H3. The van der Waals surface area contributed by atoms with Gasteiger partial charge in [0.05, 0.1) is 21.2 Å². The first-order valence-electron chi connectivity index (χ1n) is 11.5. The minimum absolute atomic E-state index is 0.0131. The summed E-state index contributed by atoms with van der Waals surface area (Å²) in [5, 5.41) is 0.653. The van der Waals surface area contributed by atoms with Crippen molar-refractivity contribution in [3.05, 3.63) is 94.0 Å². The number of nitrogens with one attached hydrogen (secondary N) is 2. The lowest BCUT2D eigenvalue weighted by Gasteiger charge is -2.17. The molecule has 4 aromatic rings. The van der Waals surface area contributed by atoms with Gasteiger partial charge in [0.25, 0.3) is 20.0 Å². The van der Waals surface area contributed by atoms with Crippen LogP contribution in [0.4, 0.5) is 11.4 Å². The van der Waals surface area contributed by atoms with E-state index in [0.717, 1.165) is 33.4 Å². The van der Waals surface area contributed by atoms with Crippen LogP contribution in [-0.2, 0) is 20.0 Å². The molecule has 0 aromatic heterocycles. The van der Waals surface area contributed by atoms with Crippen LogP contribution in [0.3, 0.4) is 0 Å². The molecule has 4 aromatic carbocycles. The van der Waals surface area contributed by atoms with Crippen LogP contribution in [0.25, 0.3) is 10.8 Å². The molecule has 0 atom stereocenters. The molecule has 0 bridgehead atoms. The number of aryl methyl sites for hydroxylation is 6. The van der Waals surface area contributed by atoms with Gasteiger partial charge in [0, 0.05) is 10.8 Å². The highest BCUT2D eigenvalue weighted by molar-refractivity contribution is 7.93. The number of sulfonamides is 2. The summed E-state index contributed by atoms with van der Waals surface area (Å²) in [5.74, 6) is 0. The van der Waals surface area contributed by atoms with Gasteiger partial charge in [-0.05, 0) is 75.9 Å². The molecule has 0 aliphatic rings. The Hall–Kier alpha value is -3.36. The van der Waals surface area contributed by atoms with E-state index in [4.69, 9.17) is 0 Å². The molecule has 0 aliphatic carbocycles. The maximum absolute atomic E-state index is 13.5. The number of benzene rings is 4. The molecular weight excluding hydrogens is 492 g/mol. The predicted molar refractivity (Wildman–Crippen MR) is 147 cm³/mol. The highest BCUT2D eigenvalue weighted by Crippen LogP contribution is 2.33. The van der Waals surface area contributed by atoms with Gasteiger partial charge < -0.3 is 0 Å². The van der Waals surface area contributed by atoms with Gasteiger partial charge in [-0.3, -0.25) is 9.44 Å². The Labute approximate surface area is 213 Å². The fourth-order valence-electron chi connectivity index (χ4n) is 4.78. The summed E-state index contributed by atoms with van der Waals surface area (Å²) >= 11 is 0. The van der Waals surface area contributed by atoms with E-state index in [9.17, 15) is 16.8 Å². The van der Waals surface area contributed by atoms with Crippen molar-refractivity contribution in [3.63, 3.8) is 0 Å². The Bertz CT molecular complexity index is 1550. The van der Waals surface area contributed by atoms with E-state index in [0.29, 0.717) is 22.1 Å². The third-order valence-electron chi connectivity index (χ3n) is 6.25. The van der Waals surface area contributed by atoms with Gasteiger partial charge in [0.15, 0.2) is 0 Å². The Morgan fingerprint density at radius 1 is 0.500 bits per heavy atom. The number of rotatable bonds is 6. The van der Waals surface area contributed by atoms with E-state index in [1.54, 1.807) is 24.3 Å². The fraction of sp³-hybridized carbons (Fsp3) is 0.214. The van der Waals surface area contributed by atoms with Crippen molar-refractivity contribution in [3.8, 4) is 0 Å².